The molecule has 114 valence electrons. The number of benzene rings is 1. The number of aliphatic carboxylic acids is 1. The minimum Gasteiger partial charge on any atom is -0.481 e. The van der Waals surface area contributed by atoms with Crippen molar-refractivity contribution in [1.82, 2.24) is 9.80 Å². The first kappa shape index (κ1) is 15.4. The Kier molecular flexibility index (Phi) is 4.83. The zero-order chi connectivity index (χ0) is 15.4. The number of amides is 2. The molecule has 1 N–H and O–H groups in total. The number of carbonyl (C=O) groups excluding carboxylic acids is 1. The van der Waals surface area contributed by atoms with E-state index < -0.39 is 11.9 Å². The highest BCUT2D eigenvalue weighted by Crippen LogP contribution is 2.22. The Morgan fingerprint density at radius 1 is 1.29 bits per heavy atom. The second-order valence-electron chi connectivity index (χ2n) is 5.91. The summed E-state index contributed by atoms with van der Waals surface area (Å²) in [7, 11) is 1.75. The Morgan fingerprint density at radius 2 is 1.95 bits per heavy atom. The Bertz CT molecular complexity index is 504. The molecule has 1 heterocycles. The lowest BCUT2D eigenvalue weighted by molar-refractivity contribution is -0.143. The number of likely N-dealkylation sites (tertiary alicyclic amines) is 1. The molecule has 2 atom stereocenters. The van der Waals surface area contributed by atoms with Crippen molar-refractivity contribution in [3.63, 3.8) is 0 Å². The van der Waals surface area contributed by atoms with Gasteiger partial charge in [0.05, 0.1) is 5.92 Å². The number of piperidine rings is 1. The Hall–Kier alpha value is -2.04. The maximum absolute atomic E-state index is 12.5. The summed E-state index contributed by atoms with van der Waals surface area (Å²) in [5.74, 6) is -1.05. The van der Waals surface area contributed by atoms with Crippen molar-refractivity contribution in [2.24, 2.45) is 11.8 Å². The predicted octanol–water partition coefficient (Wildman–Crippen LogP) is 2.28. The van der Waals surface area contributed by atoms with Crippen LogP contribution in [-0.2, 0) is 11.3 Å². The van der Waals surface area contributed by atoms with Crippen molar-refractivity contribution in [3.8, 4) is 0 Å². The Morgan fingerprint density at radius 3 is 2.57 bits per heavy atom. The average molecular weight is 290 g/mol. The zero-order valence-corrected chi connectivity index (χ0v) is 12.5. The van der Waals surface area contributed by atoms with E-state index in [1.807, 2.05) is 37.3 Å². The van der Waals surface area contributed by atoms with Gasteiger partial charge in [0.25, 0.3) is 0 Å². The molecule has 1 aromatic rings. The van der Waals surface area contributed by atoms with Crippen molar-refractivity contribution in [2.45, 2.75) is 19.9 Å². The van der Waals surface area contributed by atoms with Gasteiger partial charge in [-0.05, 0) is 17.9 Å². The third kappa shape index (κ3) is 3.97. The third-order valence-electron chi connectivity index (χ3n) is 3.87. The van der Waals surface area contributed by atoms with Gasteiger partial charge in [-0.25, -0.2) is 4.79 Å². The molecule has 0 spiro atoms. The van der Waals surface area contributed by atoms with Crippen LogP contribution in [0.4, 0.5) is 4.79 Å². The van der Waals surface area contributed by atoms with Gasteiger partial charge in [0.15, 0.2) is 0 Å². The first-order valence-corrected chi connectivity index (χ1v) is 7.24. The van der Waals surface area contributed by atoms with Crippen LogP contribution in [0.15, 0.2) is 30.3 Å². The number of nitrogens with zero attached hydrogens (tertiary/aromatic N) is 2. The summed E-state index contributed by atoms with van der Waals surface area (Å²) < 4.78 is 0. The summed E-state index contributed by atoms with van der Waals surface area (Å²) >= 11 is 0. The molecule has 0 bridgehead atoms. The summed E-state index contributed by atoms with van der Waals surface area (Å²) in [6.07, 6.45) is 0.640. The summed E-state index contributed by atoms with van der Waals surface area (Å²) in [6.45, 7) is 3.45. The molecule has 2 unspecified atom stereocenters. The standard InChI is InChI=1S/C16H22N2O3/c1-12-8-14(15(19)20)11-18(9-12)16(21)17(2)10-13-6-4-3-5-7-13/h3-7,12,14H,8-11H2,1-2H3,(H,19,20). The van der Waals surface area contributed by atoms with Crippen molar-refractivity contribution in [1.29, 1.82) is 0 Å². The number of carbonyl (C=O) groups is 2. The number of urea groups is 1. The normalized spacial score (nSPS) is 21.9. The first-order valence-electron chi connectivity index (χ1n) is 7.24. The maximum Gasteiger partial charge on any atom is 0.320 e. The summed E-state index contributed by atoms with van der Waals surface area (Å²) in [5.41, 5.74) is 1.06. The highest BCUT2D eigenvalue weighted by molar-refractivity contribution is 5.76. The quantitative estimate of drug-likeness (QED) is 0.929. The van der Waals surface area contributed by atoms with E-state index in [0.29, 0.717) is 26.1 Å². The molecule has 5 nitrogen and oxygen atoms in total. The molecule has 21 heavy (non-hydrogen) atoms. The van der Waals surface area contributed by atoms with Gasteiger partial charge in [0.1, 0.15) is 0 Å². The fraction of sp³-hybridized carbons (Fsp3) is 0.500. The van der Waals surface area contributed by atoms with Crippen molar-refractivity contribution >= 4 is 12.0 Å². The molecule has 1 aromatic carbocycles. The summed E-state index contributed by atoms with van der Waals surface area (Å²) in [4.78, 5) is 27.0. The van der Waals surface area contributed by atoms with Gasteiger partial charge in [-0.15, -0.1) is 0 Å². The van der Waals surface area contributed by atoms with Gasteiger partial charge in [0.2, 0.25) is 0 Å². The molecular formula is C16H22N2O3. The molecule has 1 aliphatic heterocycles. The van der Waals surface area contributed by atoms with E-state index in [1.54, 1.807) is 16.8 Å². The van der Waals surface area contributed by atoms with Crippen molar-refractivity contribution < 1.29 is 14.7 Å². The van der Waals surface area contributed by atoms with Crippen LogP contribution in [0.2, 0.25) is 0 Å². The second-order valence-corrected chi connectivity index (χ2v) is 5.91. The van der Waals surface area contributed by atoms with E-state index in [1.165, 1.54) is 0 Å². The topological polar surface area (TPSA) is 60.9 Å². The molecule has 2 rings (SSSR count). The molecule has 0 radical (unpaired) electrons. The largest absolute Gasteiger partial charge is 0.481 e. The van der Waals surface area contributed by atoms with E-state index in [0.717, 1.165) is 5.56 Å². The van der Waals surface area contributed by atoms with Gasteiger partial charge in [0, 0.05) is 26.7 Å². The Labute approximate surface area is 125 Å². The lowest BCUT2D eigenvalue weighted by Gasteiger charge is -2.36. The van der Waals surface area contributed by atoms with Crippen LogP contribution in [0.3, 0.4) is 0 Å². The lowest BCUT2D eigenvalue weighted by atomic mass is 9.91. The highest BCUT2D eigenvalue weighted by Gasteiger charge is 2.32. The van der Waals surface area contributed by atoms with Crippen LogP contribution in [0.25, 0.3) is 0 Å². The summed E-state index contributed by atoms with van der Waals surface area (Å²) in [6, 6.07) is 9.67. The van der Waals surface area contributed by atoms with Crippen LogP contribution in [0, 0.1) is 11.8 Å². The number of hydrogen-bond acceptors (Lipinski definition) is 2. The van der Waals surface area contributed by atoms with Crippen LogP contribution < -0.4 is 0 Å². The van der Waals surface area contributed by atoms with Gasteiger partial charge in [-0.1, -0.05) is 37.3 Å². The fourth-order valence-electron chi connectivity index (χ4n) is 2.85. The molecule has 2 amide bonds. The molecule has 0 saturated carbocycles. The first-order chi connectivity index (χ1) is 9.97. The smallest absolute Gasteiger partial charge is 0.320 e. The molecule has 5 heteroatoms. The molecular weight excluding hydrogens is 268 g/mol. The number of carboxylic acids is 1. The fourth-order valence-corrected chi connectivity index (χ4v) is 2.85. The van der Waals surface area contributed by atoms with E-state index in [9.17, 15) is 14.7 Å². The third-order valence-corrected chi connectivity index (χ3v) is 3.87. The van der Waals surface area contributed by atoms with Gasteiger partial charge in [-0.2, -0.15) is 0 Å². The molecule has 0 aliphatic carbocycles. The van der Waals surface area contributed by atoms with E-state index in [4.69, 9.17) is 0 Å². The van der Waals surface area contributed by atoms with Crippen molar-refractivity contribution in [2.75, 3.05) is 20.1 Å². The zero-order valence-electron chi connectivity index (χ0n) is 12.5. The molecule has 0 aromatic heterocycles. The maximum atomic E-state index is 12.5. The SMILES string of the molecule is CC1CC(C(=O)O)CN(C(=O)N(C)Cc2ccccc2)C1. The molecule has 1 saturated heterocycles. The second kappa shape index (κ2) is 6.61. The van der Waals surface area contributed by atoms with Crippen molar-refractivity contribution in [3.05, 3.63) is 35.9 Å². The Balaban J connectivity index is 1.99. The number of carboxylic acid groups (broad SMARTS) is 1. The van der Waals surface area contributed by atoms with Gasteiger partial charge < -0.3 is 14.9 Å². The number of hydrogen-bond donors (Lipinski definition) is 1. The van der Waals surface area contributed by atoms with E-state index >= 15 is 0 Å². The van der Waals surface area contributed by atoms with Crippen LogP contribution in [0.1, 0.15) is 18.9 Å². The van der Waals surface area contributed by atoms with Crippen LogP contribution in [-0.4, -0.2) is 47.0 Å². The minimum absolute atomic E-state index is 0.100. The summed E-state index contributed by atoms with van der Waals surface area (Å²) in [5, 5.41) is 9.18. The van der Waals surface area contributed by atoms with E-state index in [-0.39, 0.29) is 11.9 Å². The average Bonchev–Trinajstić information content (AvgIpc) is 2.46. The van der Waals surface area contributed by atoms with Crippen LogP contribution in [0.5, 0.6) is 0 Å². The van der Waals surface area contributed by atoms with Gasteiger partial charge in [-0.3, -0.25) is 4.79 Å². The molecule has 1 aliphatic rings. The highest BCUT2D eigenvalue weighted by atomic mass is 16.4. The van der Waals surface area contributed by atoms with E-state index in [2.05, 4.69) is 0 Å². The van der Waals surface area contributed by atoms with Crippen LogP contribution >= 0.6 is 0 Å². The van der Waals surface area contributed by atoms with Gasteiger partial charge >= 0.3 is 12.0 Å². The molecule has 1 fully saturated rings. The minimum atomic E-state index is -0.815. The predicted molar refractivity (Wildman–Crippen MR) is 79.8 cm³/mol. The number of rotatable bonds is 3. The lowest BCUT2D eigenvalue weighted by Crippen LogP contribution is -2.49. The monoisotopic (exact) mass is 290 g/mol.